The van der Waals surface area contributed by atoms with Gasteiger partial charge in [0, 0.05) is 25.0 Å². The lowest BCUT2D eigenvalue weighted by Crippen LogP contribution is -2.26. The molecular formula is C17H16Cl3NO. The minimum absolute atomic E-state index is 0.0843. The van der Waals surface area contributed by atoms with Gasteiger partial charge < -0.3 is 4.90 Å². The molecule has 0 saturated carbocycles. The summed E-state index contributed by atoms with van der Waals surface area (Å²) in [5.74, 6) is 0.0843. The maximum Gasteiger partial charge on any atom is 0.222 e. The minimum Gasteiger partial charge on any atom is -0.341 e. The van der Waals surface area contributed by atoms with Crippen molar-refractivity contribution in [3.8, 4) is 0 Å². The van der Waals surface area contributed by atoms with Crippen molar-refractivity contribution in [3.05, 3.63) is 68.7 Å². The number of aryl methyl sites for hydroxylation is 1. The van der Waals surface area contributed by atoms with Gasteiger partial charge in [0.1, 0.15) is 0 Å². The maximum atomic E-state index is 12.2. The molecule has 0 radical (unpaired) electrons. The number of rotatable bonds is 5. The molecule has 116 valence electrons. The summed E-state index contributed by atoms with van der Waals surface area (Å²) < 4.78 is 0. The second-order valence-electron chi connectivity index (χ2n) is 5.12. The fraction of sp³-hybridized carbons (Fsp3) is 0.235. The smallest absolute Gasteiger partial charge is 0.222 e. The number of nitrogens with zero attached hydrogens (tertiary/aromatic N) is 1. The van der Waals surface area contributed by atoms with Gasteiger partial charge in [-0.3, -0.25) is 4.79 Å². The Balaban J connectivity index is 1.88. The molecule has 0 atom stereocenters. The van der Waals surface area contributed by atoms with E-state index >= 15 is 0 Å². The topological polar surface area (TPSA) is 20.3 Å². The van der Waals surface area contributed by atoms with Crippen molar-refractivity contribution in [3.63, 3.8) is 0 Å². The van der Waals surface area contributed by atoms with E-state index in [4.69, 9.17) is 34.8 Å². The molecule has 5 heteroatoms. The van der Waals surface area contributed by atoms with E-state index in [0.717, 1.165) is 11.1 Å². The van der Waals surface area contributed by atoms with Crippen LogP contribution < -0.4 is 0 Å². The molecule has 2 aromatic rings. The Hall–Kier alpha value is -1.22. The lowest BCUT2D eigenvalue weighted by Gasteiger charge is -2.17. The van der Waals surface area contributed by atoms with Crippen molar-refractivity contribution in [1.29, 1.82) is 0 Å². The summed E-state index contributed by atoms with van der Waals surface area (Å²) in [5.41, 5.74) is 2.05. The van der Waals surface area contributed by atoms with Crippen LogP contribution in [0.15, 0.2) is 42.5 Å². The molecule has 2 nitrogen and oxygen atoms in total. The Morgan fingerprint density at radius 1 is 0.955 bits per heavy atom. The van der Waals surface area contributed by atoms with Crippen LogP contribution in [0.1, 0.15) is 17.5 Å². The SMILES string of the molecule is CN(Cc1ccc(Cl)cc1)C(=O)CCc1ccc(Cl)c(Cl)c1. The number of carbonyl (C=O) groups excluding carboxylic acids is 1. The molecule has 0 spiro atoms. The highest BCUT2D eigenvalue weighted by Crippen LogP contribution is 2.23. The predicted octanol–water partition coefficient (Wildman–Crippen LogP) is 5.24. The third-order valence-corrected chi connectivity index (χ3v) is 4.36. The van der Waals surface area contributed by atoms with Crippen LogP contribution in [0, 0.1) is 0 Å². The second-order valence-corrected chi connectivity index (χ2v) is 6.38. The molecule has 0 saturated heterocycles. The van der Waals surface area contributed by atoms with Crippen molar-refractivity contribution in [2.24, 2.45) is 0 Å². The molecule has 0 fully saturated rings. The predicted molar refractivity (Wildman–Crippen MR) is 92.7 cm³/mol. The Kier molecular flexibility index (Phi) is 6.13. The second kappa shape index (κ2) is 7.87. The van der Waals surface area contributed by atoms with E-state index in [0.29, 0.717) is 34.5 Å². The fourth-order valence-electron chi connectivity index (χ4n) is 2.09. The maximum absolute atomic E-state index is 12.2. The number of amides is 1. The average Bonchev–Trinajstić information content (AvgIpc) is 2.50. The van der Waals surface area contributed by atoms with Crippen LogP contribution in [0.25, 0.3) is 0 Å². The van der Waals surface area contributed by atoms with Gasteiger partial charge in [0.15, 0.2) is 0 Å². The monoisotopic (exact) mass is 355 g/mol. The van der Waals surface area contributed by atoms with Crippen LogP contribution in [0.5, 0.6) is 0 Å². The van der Waals surface area contributed by atoms with Gasteiger partial charge in [-0.1, -0.05) is 53.0 Å². The van der Waals surface area contributed by atoms with Crippen LogP contribution in [0.4, 0.5) is 0 Å². The van der Waals surface area contributed by atoms with E-state index in [1.807, 2.05) is 30.3 Å². The molecule has 2 aromatic carbocycles. The first-order valence-corrected chi connectivity index (χ1v) is 8.01. The van der Waals surface area contributed by atoms with Gasteiger partial charge in [-0.05, 0) is 41.8 Å². The van der Waals surface area contributed by atoms with Crippen LogP contribution in [-0.2, 0) is 17.8 Å². The molecule has 0 aliphatic carbocycles. The highest BCUT2D eigenvalue weighted by Gasteiger charge is 2.10. The quantitative estimate of drug-likeness (QED) is 0.717. The van der Waals surface area contributed by atoms with E-state index in [9.17, 15) is 4.79 Å². The average molecular weight is 357 g/mol. The van der Waals surface area contributed by atoms with Gasteiger partial charge in [-0.15, -0.1) is 0 Å². The summed E-state index contributed by atoms with van der Waals surface area (Å²) in [5, 5.41) is 1.73. The van der Waals surface area contributed by atoms with Crippen molar-refractivity contribution in [2.75, 3.05) is 7.05 Å². The highest BCUT2D eigenvalue weighted by atomic mass is 35.5. The summed E-state index contributed by atoms with van der Waals surface area (Å²) in [6, 6.07) is 12.9. The molecule has 0 bridgehead atoms. The van der Waals surface area contributed by atoms with E-state index in [2.05, 4.69) is 0 Å². The van der Waals surface area contributed by atoms with Crippen LogP contribution >= 0.6 is 34.8 Å². The zero-order valence-corrected chi connectivity index (χ0v) is 14.4. The summed E-state index contributed by atoms with van der Waals surface area (Å²) in [4.78, 5) is 13.9. The normalized spacial score (nSPS) is 10.5. The van der Waals surface area contributed by atoms with Crippen molar-refractivity contribution >= 4 is 40.7 Å². The Labute approximate surface area is 145 Å². The molecule has 0 aliphatic heterocycles. The molecule has 0 N–H and O–H groups in total. The van der Waals surface area contributed by atoms with Gasteiger partial charge in [0.2, 0.25) is 5.91 Å². The Morgan fingerprint density at radius 2 is 1.59 bits per heavy atom. The zero-order chi connectivity index (χ0) is 16.1. The van der Waals surface area contributed by atoms with Crippen LogP contribution in [0.2, 0.25) is 15.1 Å². The largest absolute Gasteiger partial charge is 0.341 e. The van der Waals surface area contributed by atoms with Gasteiger partial charge in [-0.25, -0.2) is 0 Å². The molecule has 22 heavy (non-hydrogen) atoms. The van der Waals surface area contributed by atoms with E-state index < -0.39 is 0 Å². The van der Waals surface area contributed by atoms with E-state index in [-0.39, 0.29) is 5.91 Å². The Bertz CT molecular complexity index is 655. The molecule has 2 rings (SSSR count). The van der Waals surface area contributed by atoms with E-state index in [1.54, 1.807) is 24.1 Å². The first-order chi connectivity index (χ1) is 10.5. The molecule has 0 aliphatic rings. The summed E-state index contributed by atoms with van der Waals surface area (Å²) in [6.07, 6.45) is 1.07. The third-order valence-electron chi connectivity index (χ3n) is 3.37. The van der Waals surface area contributed by atoms with Gasteiger partial charge >= 0.3 is 0 Å². The number of carbonyl (C=O) groups is 1. The molecular weight excluding hydrogens is 341 g/mol. The zero-order valence-electron chi connectivity index (χ0n) is 12.2. The summed E-state index contributed by atoms with van der Waals surface area (Å²) >= 11 is 17.7. The highest BCUT2D eigenvalue weighted by molar-refractivity contribution is 6.42. The lowest BCUT2D eigenvalue weighted by atomic mass is 10.1. The summed E-state index contributed by atoms with van der Waals surface area (Å²) in [6.45, 7) is 0.567. The van der Waals surface area contributed by atoms with Gasteiger partial charge in [-0.2, -0.15) is 0 Å². The standard InChI is InChI=1S/C17H16Cl3NO/c1-21(11-13-2-6-14(18)7-3-13)17(22)9-5-12-4-8-15(19)16(20)10-12/h2-4,6-8,10H,5,9,11H2,1H3. The molecule has 0 heterocycles. The number of hydrogen-bond acceptors (Lipinski definition) is 1. The fourth-order valence-corrected chi connectivity index (χ4v) is 2.54. The number of hydrogen-bond donors (Lipinski definition) is 0. The number of benzene rings is 2. The Morgan fingerprint density at radius 3 is 2.23 bits per heavy atom. The third kappa shape index (κ3) is 4.91. The van der Waals surface area contributed by atoms with Gasteiger partial charge in [0.25, 0.3) is 0 Å². The minimum atomic E-state index is 0.0843. The molecule has 0 unspecified atom stereocenters. The van der Waals surface area contributed by atoms with Crippen molar-refractivity contribution < 1.29 is 4.79 Å². The molecule has 1 amide bonds. The lowest BCUT2D eigenvalue weighted by molar-refractivity contribution is -0.130. The van der Waals surface area contributed by atoms with Crippen molar-refractivity contribution in [1.82, 2.24) is 4.90 Å². The first kappa shape index (κ1) is 17.1. The van der Waals surface area contributed by atoms with Crippen LogP contribution in [-0.4, -0.2) is 17.9 Å². The first-order valence-electron chi connectivity index (χ1n) is 6.88. The summed E-state index contributed by atoms with van der Waals surface area (Å²) in [7, 11) is 1.80. The van der Waals surface area contributed by atoms with Crippen molar-refractivity contribution in [2.45, 2.75) is 19.4 Å². The molecule has 0 aromatic heterocycles. The number of halogens is 3. The van der Waals surface area contributed by atoms with E-state index in [1.165, 1.54) is 0 Å². The van der Waals surface area contributed by atoms with Gasteiger partial charge in [0.05, 0.1) is 10.0 Å². The van der Waals surface area contributed by atoms with Crippen LogP contribution in [0.3, 0.4) is 0 Å².